The summed E-state index contributed by atoms with van der Waals surface area (Å²) in [4.78, 5) is 22.0. The van der Waals surface area contributed by atoms with E-state index in [0.29, 0.717) is 24.4 Å². The fourth-order valence-corrected chi connectivity index (χ4v) is 3.93. The third kappa shape index (κ3) is 3.00. The smallest absolute Gasteiger partial charge is 0.323 e. The average molecular weight is 360 g/mol. The molecule has 4 rings (SSSR count). The van der Waals surface area contributed by atoms with Crippen LogP contribution in [0.3, 0.4) is 0 Å². The molecule has 1 fully saturated rings. The Bertz CT molecular complexity index is 999. The molecule has 0 aliphatic carbocycles. The molecule has 1 aliphatic heterocycles. The number of carbonyl (C=O) groups is 1. The van der Waals surface area contributed by atoms with E-state index in [1.807, 2.05) is 12.1 Å². The first-order chi connectivity index (χ1) is 12.0. The molecule has 3 aromatic heterocycles. The maximum Gasteiger partial charge on any atom is 0.346 e. The van der Waals surface area contributed by atoms with Crippen molar-refractivity contribution in [2.24, 2.45) is 0 Å². The van der Waals surface area contributed by atoms with Crippen molar-refractivity contribution < 1.29 is 13.2 Å². The van der Waals surface area contributed by atoms with Crippen molar-refractivity contribution in [2.75, 3.05) is 13.1 Å². The van der Waals surface area contributed by atoms with Crippen molar-refractivity contribution in [3.05, 3.63) is 42.6 Å². The van der Waals surface area contributed by atoms with Gasteiger partial charge in [-0.25, -0.2) is 23.2 Å². The lowest BCUT2D eigenvalue weighted by Crippen LogP contribution is -2.32. The maximum atomic E-state index is 12.5. The summed E-state index contributed by atoms with van der Waals surface area (Å²) in [7, 11) is -3.79. The minimum absolute atomic E-state index is 0.323. The number of imidazole rings is 1. The fraction of sp³-hybridized carbons (Fsp3) is 0.333. The van der Waals surface area contributed by atoms with Gasteiger partial charge in [-0.3, -0.25) is 0 Å². The topological polar surface area (TPSA) is 102 Å². The summed E-state index contributed by atoms with van der Waals surface area (Å²) in [5, 5.41) is 3.50. The van der Waals surface area contributed by atoms with Gasteiger partial charge in [0.1, 0.15) is 17.7 Å². The van der Waals surface area contributed by atoms with E-state index in [-0.39, 0.29) is 16.9 Å². The fourth-order valence-electron chi connectivity index (χ4n) is 2.85. The van der Waals surface area contributed by atoms with E-state index in [4.69, 9.17) is 0 Å². The molecule has 3 aromatic rings. The van der Waals surface area contributed by atoms with Crippen LogP contribution in [0.1, 0.15) is 18.5 Å². The summed E-state index contributed by atoms with van der Waals surface area (Å²) >= 11 is 0. The first-order valence-electron chi connectivity index (χ1n) is 7.89. The zero-order valence-corrected chi connectivity index (χ0v) is 14.1. The molecule has 4 heterocycles. The zero-order valence-electron chi connectivity index (χ0n) is 13.3. The van der Waals surface area contributed by atoms with Gasteiger partial charge in [0.15, 0.2) is 0 Å². The van der Waals surface area contributed by atoms with Crippen molar-refractivity contribution >= 4 is 21.5 Å². The van der Waals surface area contributed by atoms with Gasteiger partial charge in [0.25, 0.3) is 5.16 Å². The van der Waals surface area contributed by atoms with E-state index < -0.39 is 9.84 Å². The Balaban J connectivity index is 1.56. The Labute approximate surface area is 143 Å². The van der Waals surface area contributed by atoms with Gasteiger partial charge in [0.2, 0.25) is 9.84 Å². The minimum Gasteiger partial charge on any atom is -0.323 e. The van der Waals surface area contributed by atoms with Gasteiger partial charge in [-0.05, 0) is 25.0 Å². The van der Waals surface area contributed by atoms with Gasteiger partial charge in [-0.1, -0.05) is 6.07 Å². The highest BCUT2D eigenvalue weighted by molar-refractivity contribution is 7.90. The van der Waals surface area contributed by atoms with Crippen molar-refractivity contribution in [2.45, 2.75) is 23.8 Å². The number of pyridine rings is 1. The molecule has 0 spiro atoms. The number of hydrogen-bond acceptors (Lipinski definition) is 6. The summed E-state index contributed by atoms with van der Waals surface area (Å²) in [5.74, 6) is -0.323. The van der Waals surface area contributed by atoms with Crippen molar-refractivity contribution in [1.82, 2.24) is 29.0 Å². The normalized spacial score (nSPS) is 15.1. The van der Waals surface area contributed by atoms with Gasteiger partial charge < -0.3 is 9.30 Å². The second-order valence-electron chi connectivity index (χ2n) is 5.91. The van der Waals surface area contributed by atoms with Crippen LogP contribution < -0.4 is 0 Å². The second kappa shape index (κ2) is 5.96. The Morgan fingerprint density at radius 2 is 2.00 bits per heavy atom. The first-order valence-corrected chi connectivity index (χ1v) is 9.54. The van der Waals surface area contributed by atoms with Crippen molar-refractivity contribution in [3.8, 4) is 0 Å². The Kier molecular flexibility index (Phi) is 3.75. The molecule has 1 saturated heterocycles. The molecule has 25 heavy (non-hydrogen) atoms. The third-order valence-corrected chi connectivity index (χ3v) is 5.49. The van der Waals surface area contributed by atoms with E-state index in [0.717, 1.165) is 23.9 Å². The van der Waals surface area contributed by atoms with Crippen molar-refractivity contribution in [3.63, 3.8) is 0 Å². The van der Waals surface area contributed by atoms with Crippen LogP contribution >= 0.6 is 0 Å². The van der Waals surface area contributed by atoms with E-state index >= 15 is 0 Å². The second-order valence-corrected chi connectivity index (χ2v) is 7.79. The lowest BCUT2D eigenvalue weighted by Gasteiger charge is -2.13. The van der Waals surface area contributed by atoms with Crippen LogP contribution in [-0.4, -0.2) is 56.6 Å². The summed E-state index contributed by atoms with van der Waals surface area (Å²) < 4.78 is 27.8. The average Bonchev–Trinajstić information content (AvgIpc) is 3.32. The number of likely N-dealkylation sites (tertiary alicyclic amines) is 1. The highest BCUT2D eigenvalue weighted by Gasteiger charge is 2.26. The van der Waals surface area contributed by atoms with Crippen LogP contribution in [0.25, 0.3) is 5.65 Å². The van der Waals surface area contributed by atoms with Crippen LogP contribution in [0.2, 0.25) is 0 Å². The quantitative estimate of drug-likeness (QED) is 0.689. The molecule has 0 bridgehead atoms. The van der Waals surface area contributed by atoms with Crippen LogP contribution in [0.5, 0.6) is 0 Å². The summed E-state index contributed by atoms with van der Waals surface area (Å²) in [6.07, 6.45) is 6.48. The van der Waals surface area contributed by atoms with Gasteiger partial charge in [0, 0.05) is 25.5 Å². The number of nitrogens with zero attached hydrogens (tertiary/aromatic N) is 6. The molecule has 0 saturated carbocycles. The molecule has 0 atom stereocenters. The van der Waals surface area contributed by atoms with E-state index in [2.05, 4.69) is 15.1 Å². The standard InChI is InChI=1S/C15H16N6O3S/c22-15(19-6-3-4-7-19)21-11-16-14(18-21)25(23,24)10-12-9-20-8-2-1-5-13(20)17-12/h1-2,5,8-9,11H,3-4,6-7,10H2. The van der Waals surface area contributed by atoms with Gasteiger partial charge in [-0.2, -0.15) is 4.68 Å². The molecular weight excluding hydrogens is 344 g/mol. The number of fused-ring (bicyclic) bond motifs is 1. The van der Waals surface area contributed by atoms with Gasteiger partial charge in [-0.15, -0.1) is 5.10 Å². The molecule has 9 nitrogen and oxygen atoms in total. The van der Waals surface area contributed by atoms with Crippen LogP contribution in [0.4, 0.5) is 4.79 Å². The molecule has 0 N–H and O–H groups in total. The van der Waals surface area contributed by atoms with E-state index in [1.54, 1.807) is 27.8 Å². The molecule has 0 radical (unpaired) electrons. The van der Waals surface area contributed by atoms with Crippen LogP contribution in [0, 0.1) is 0 Å². The molecule has 0 unspecified atom stereocenters. The number of amides is 1. The Morgan fingerprint density at radius 3 is 2.76 bits per heavy atom. The number of aromatic nitrogens is 5. The SMILES string of the molecule is O=C(N1CCCC1)n1cnc(S(=O)(=O)Cc2cn3ccccc3n2)n1. The highest BCUT2D eigenvalue weighted by atomic mass is 32.2. The highest BCUT2D eigenvalue weighted by Crippen LogP contribution is 2.14. The van der Waals surface area contributed by atoms with Crippen LogP contribution in [-0.2, 0) is 15.6 Å². The number of hydrogen-bond donors (Lipinski definition) is 0. The molecule has 10 heteroatoms. The summed E-state index contributed by atoms with van der Waals surface area (Å²) in [5.41, 5.74) is 1.06. The lowest BCUT2D eigenvalue weighted by molar-refractivity contribution is 0.207. The van der Waals surface area contributed by atoms with Gasteiger partial charge >= 0.3 is 6.03 Å². The Hall–Kier alpha value is -2.75. The molecule has 130 valence electrons. The molecule has 0 aromatic carbocycles. The molecule has 1 amide bonds. The molecular formula is C15H16N6O3S. The summed E-state index contributed by atoms with van der Waals surface area (Å²) in [6.45, 7) is 1.31. The van der Waals surface area contributed by atoms with E-state index in [9.17, 15) is 13.2 Å². The number of carbonyl (C=O) groups excluding carboxylic acids is 1. The zero-order chi connectivity index (χ0) is 17.4. The third-order valence-electron chi connectivity index (χ3n) is 4.07. The Morgan fingerprint density at radius 1 is 1.20 bits per heavy atom. The first kappa shape index (κ1) is 15.8. The summed E-state index contributed by atoms with van der Waals surface area (Å²) in [6, 6.07) is 5.10. The number of rotatable bonds is 3. The predicted molar refractivity (Wildman–Crippen MR) is 87.7 cm³/mol. The molecule has 1 aliphatic rings. The predicted octanol–water partition coefficient (Wildman–Crippen LogP) is 0.964. The lowest BCUT2D eigenvalue weighted by atomic mass is 10.4. The van der Waals surface area contributed by atoms with Gasteiger partial charge in [0.05, 0.1) is 5.69 Å². The van der Waals surface area contributed by atoms with Crippen molar-refractivity contribution in [1.29, 1.82) is 0 Å². The number of sulfone groups is 1. The van der Waals surface area contributed by atoms with Crippen LogP contribution in [0.15, 0.2) is 42.1 Å². The maximum absolute atomic E-state index is 12.5. The van der Waals surface area contributed by atoms with E-state index in [1.165, 1.54) is 0 Å². The largest absolute Gasteiger partial charge is 0.346 e. The monoisotopic (exact) mass is 360 g/mol. The minimum atomic E-state index is -3.79.